The highest BCUT2D eigenvalue weighted by Crippen LogP contribution is 2.26. The number of aliphatic imine (C=N–C) groups is 1. The van der Waals surface area contributed by atoms with Crippen molar-refractivity contribution < 1.29 is 27.9 Å². The highest BCUT2D eigenvalue weighted by Gasteiger charge is 2.38. The molecule has 0 aromatic heterocycles. The van der Waals surface area contributed by atoms with Crippen LogP contribution in [0.3, 0.4) is 0 Å². The lowest BCUT2D eigenvalue weighted by atomic mass is 10.1. The third kappa shape index (κ3) is 7.21. The largest absolute Gasteiger partial charge is 0.480 e. The molecule has 31 heavy (non-hydrogen) atoms. The smallest absolute Gasteiger partial charge is 0.431 e. The number of hydrogen-bond donors (Lipinski definition) is 3. The van der Waals surface area contributed by atoms with Crippen LogP contribution in [0.25, 0.3) is 0 Å². The van der Waals surface area contributed by atoms with Crippen LogP contribution in [0, 0.1) is 20.8 Å². The molecule has 0 aliphatic carbocycles. The Kier molecular flexibility index (Phi) is 8.59. The molecule has 1 atom stereocenters. The van der Waals surface area contributed by atoms with Crippen LogP contribution in [0.1, 0.15) is 50.3 Å². The number of nitrogens with two attached hydrogens (primary N) is 2. The summed E-state index contributed by atoms with van der Waals surface area (Å²) in [5, 5.41) is 8.83. The van der Waals surface area contributed by atoms with Gasteiger partial charge in [-0.2, -0.15) is 0 Å². The Morgan fingerprint density at radius 2 is 1.71 bits per heavy atom. The van der Waals surface area contributed by atoms with Gasteiger partial charge in [0.25, 0.3) is 10.0 Å². The number of sulfonamides is 1. The number of hydrogen-bond acceptors (Lipinski definition) is 7. The Balaban J connectivity index is 3.36. The third-order valence-electron chi connectivity index (χ3n) is 4.13. The summed E-state index contributed by atoms with van der Waals surface area (Å²) in [4.78, 5) is 27.5. The monoisotopic (exact) mass is 456 g/mol. The maximum Gasteiger partial charge on any atom is 0.431 e. The SMILES string of the molecule is Cc1cc(C)c(S(=O)(=O)N(C(=O)OC(C)(C)C)C(N)=NCCC[C@H](N)C(=O)O)c(C)c1. The molecule has 0 fully saturated rings. The standard InChI is InChI=1S/C20H32N4O6S/c1-12-10-13(2)16(14(3)11-12)31(28,29)24(19(27)30-20(4,5)6)18(22)23-9-7-8-15(21)17(25)26/h10-11,15H,7-9,21H2,1-6H3,(H2,22,23)(H,25,26)/t15-/m0/s1. The zero-order valence-corrected chi connectivity index (χ0v) is 19.6. The minimum absolute atomic E-state index is 0.0203. The fraction of sp³-hybridized carbons (Fsp3) is 0.550. The number of aryl methyl sites for hydroxylation is 3. The molecule has 1 aromatic carbocycles. The van der Waals surface area contributed by atoms with E-state index in [0.717, 1.165) is 5.56 Å². The normalized spacial score (nSPS) is 13.6. The van der Waals surface area contributed by atoms with Crippen molar-refractivity contribution in [3.8, 4) is 0 Å². The number of aliphatic carboxylic acids is 1. The number of guanidine groups is 1. The van der Waals surface area contributed by atoms with Gasteiger partial charge >= 0.3 is 12.1 Å². The topological polar surface area (TPSA) is 165 Å². The second-order valence-corrected chi connectivity index (χ2v) is 10.0. The first kappa shape index (κ1) is 26.4. The lowest BCUT2D eigenvalue weighted by molar-refractivity contribution is -0.138. The fourth-order valence-electron chi connectivity index (χ4n) is 2.98. The van der Waals surface area contributed by atoms with Gasteiger partial charge in [-0.15, -0.1) is 4.31 Å². The van der Waals surface area contributed by atoms with E-state index in [4.69, 9.17) is 21.3 Å². The van der Waals surface area contributed by atoms with Crippen molar-refractivity contribution in [2.45, 2.75) is 70.9 Å². The molecular weight excluding hydrogens is 424 g/mol. The molecule has 0 aliphatic heterocycles. The van der Waals surface area contributed by atoms with Crippen molar-refractivity contribution in [1.82, 2.24) is 4.31 Å². The zero-order chi connectivity index (χ0) is 24.1. The van der Waals surface area contributed by atoms with Gasteiger partial charge < -0.3 is 21.3 Å². The Labute approximate surface area is 183 Å². The molecule has 0 spiro atoms. The van der Waals surface area contributed by atoms with Gasteiger partial charge in [-0.3, -0.25) is 9.79 Å². The average molecular weight is 457 g/mol. The van der Waals surface area contributed by atoms with E-state index < -0.39 is 39.7 Å². The number of ether oxygens (including phenoxy) is 1. The summed E-state index contributed by atoms with van der Waals surface area (Å²) in [5.74, 6) is -1.72. The van der Waals surface area contributed by atoms with E-state index in [1.165, 1.54) is 0 Å². The summed E-state index contributed by atoms with van der Waals surface area (Å²) in [6, 6.07) is 2.31. The number of rotatable bonds is 7. The third-order valence-corrected chi connectivity index (χ3v) is 6.11. The Bertz CT molecular complexity index is 943. The molecule has 0 radical (unpaired) electrons. The van der Waals surface area contributed by atoms with Crippen molar-refractivity contribution in [2.75, 3.05) is 6.54 Å². The number of carboxylic acids is 1. The number of benzene rings is 1. The van der Waals surface area contributed by atoms with Crippen molar-refractivity contribution in [3.05, 3.63) is 28.8 Å². The lowest BCUT2D eigenvalue weighted by Crippen LogP contribution is -2.48. The minimum Gasteiger partial charge on any atom is -0.480 e. The number of carbonyl (C=O) groups excluding carboxylic acids is 1. The first-order chi connectivity index (χ1) is 14.1. The molecule has 1 aromatic rings. The maximum absolute atomic E-state index is 13.5. The van der Waals surface area contributed by atoms with Gasteiger partial charge in [0.05, 0.1) is 4.90 Å². The molecule has 1 rings (SSSR count). The molecular formula is C20H32N4O6S. The van der Waals surface area contributed by atoms with E-state index in [2.05, 4.69) is 4.99 Å². The predicted octanol–water partition coefficient (Wildman–Crippen LogP) is 2.04. The molecule has 1 amide bonds. The molecule has 10 nitrogen and oxygen atoms in total. The molecule has 5 N–H and O–H groups in total. The van der Waals surface area contributed by atoms with E-state index in [1.54, 1.807) is 46.8 Å². The summed E-state index contributed by atoms with van der Waals surface area (Å²) >= 11 is 0. The van der Waals surface area contributed by atoms with E-state index >= 15 is 0 Å². The molecule has 0 heterocycles. The highest BCUT2D eigenvalue weighted by molar-refractivity contribution is 7.90. The van der Waals surface area contributed by atoms with Crippen LogP contribution >= 0.6 is 0 Å². The van der Waals surface area contributed by atoms with Gasteiger partial charge in [0.2, 0.25) is 5.96 Å². The van der Waals surface area contributed by atoms with E-state index in [9.17, 15) is 18.0 Å². The van der Waals surface area contributed by atoms with E-state index in [-0.39, 0.29) is 24.3 Å². The van der Waals surface area contributed by atoms with Crippen molar-refractivity contribution in [3.63, 3.8) is 0 Å². The quantitative estimate of drug-likeness (QED) is 0.318. The number of nitrogens with zero attached hydrogens (tertiary/aromatic N) is 2. The van der Waals surface area contributed by atoms with Crippen molar-refractivity contribution in [2.24, 2.45) is 16.5 Å². The molecule has 0 unspecified atom stereocenters. The zero-order valence-electron chi connectivity index (χ0n) is 18.8. The van der Waals surface area contributed by atoms with Gasteiger partial charge in [-0.1, -0.05) is 17.7 Å². The second kappa shape index (κ2) is 10.1. The van der Waals surface area contributed by atoms with Crippen LogP contribution in [0.15, 0.2) is 22.0 Å². The van der Waals surface area contributed by atoms with Crippen LogP contribution in [0.2, 0.25) is 0 Å². The van der Waals surface area contributed by atoms with Gasteiger partial charge in [0.15, 0.2) is 0 Å². The lowest BCUT2D eigenvalue weighted by Gasteiger charge is -2.27. The first-order valence-corrected chi connectivity index (χ1v) is 11.2. The summed E-state index contributed by atoms with van der Waals surface area (Å²) in [5.41, 5.74) is 12.2. The number of carboxylic acid groups (broad SMARTS) is 1. The predicted molar refractivity (Wildman–Crippen MR) is 117 cm³/mol. The first-order valence-electron chi connectivity index (χ1n) is 9.72. The summed E-state index contributed by atoms with van der Waals surface area (Å²) in [6.07, 6.45) is -0.837. The van der Waals surface area contributed by atoms with Crippen LogP contribution in [0.4, 0.5) is 4.79 Å². The van der Waals surface area contributed by atoms with E-state index in [0.29, 0.717) is 15.4 Å². The van der Waals surface area contributed by atoms with Gasteiger partial charge in [-0.25, -0.2) is 13.2 Å². The van der Waals surface area contributed by atoms with Gasteiger partial charge in [0.1, 0.15) is 11.6 Å². The van der Waals surface area contributed by atoms with Crippen molar-refractivity contribution in [1.29, 1.82) is 0 Å². The molecule has 174 valence electrons. The Hall–Kier alpha value is -2.66. The molecule has 0 bridgehead atoms. The number of amides is 1. The van der Waals surface area contributed by atoms with Crippen LogP contribution in [0.5, 0.6) is 0 Å². The van der Waals surface area contributed by atoms with Crippen LogP contribution < -0.4 is 11.5 Å². The van der Waals surface area contributed by atoms with E-state index in [1.807, 2.05) is 6.92 Å². The Morgan fingerprint density at radius 3 is 2.16 bits per heavy atom. The second-order valence-electron chi connectivity index (χ2n) is 8.30. The van der Waals surface area contributed by atoms with Gasteiger partial charge in [-0.05, 0) is 65.5 Å². The fourth-order valence-corrected chi connectivity index (χ4v) is 4.63. The summed E-state index contributed by atoms with van der Waals surface area (Å²) in [7, 11) is -4.43. The van der Waals surface area contributed by atoms with Crippen LogP contribution in [-0.4, -0.2) is 54.0 Å². The molecule has 11 heteroatoms. The van der Waals surface area contributed by atoms with Crippen LogP contribution in [-0.2, 0) is 19.6 Å². The molecule has 0 saturated heterocycles. The summed E-state index contributed by atoms with van der Waals surface area (Å²) in [6.45, 7) is 9.85. The Morgan fingerprint density at radius 1 is 1.19 bits per heavy atom. The number of carbonyl (C=O) groups is 2. The minimum atomic E-state index is -4.43. The van der Waals surface area contributed by atoms with Gasteiger partial charge in [0, 0.05) is 6.54 Å². The van der Waals surface area contributed by atoms with Crippen molar-refractivity contribution >= 4 is 28.0 Å². The highest BCUT2D eigenvalue weighted by atomic mass is 32.2. The molecule has 0 aliphatic rings. The average Bonchev–Trinajstić information content (AvgIpc) is 2.55. The molecule has 0 saturated carbocycles. The maximum atomic E-state index is 13.5. The summed E-state index contributed by atoms with van der Waals surface area (Å²) < 4.78 is 32.5.